The monoisotopic (exact) mass is 284 g/mol. The molecule has 0 spiro atoms. The molecule has 1 saturated heterocycles. The second kappa shape index (κ2) is 5.14. The van der Waals surface area contributed by atoms with Gasteiger partial charge in [-0.3, -0.25) is 4.79 Å². The molecule has 2 fully saturated rings. The summed E-state index contributed by atoms with van der Waals surface area (Å²) in [4.78, 5) is 14.2. The van der Waals surface area contributed by atoms with E-state index in [-0.39, 0.29) is 30.0 Å². The van der Waals surface area contributed by atoms with Gasteiger partial charge in [0.15, 0.2) is 9.84 Å². The van der Waals surface area contributed by atoms with Crippen molar-refractivity contribution in [3.05, 3.63) is 0 Å². The molecule has 1 unspecified atom stereocenters. The molecule has 0 aromatic rings. The van der Waals surface area contributed by atoms with Crippen LogP contribution in [0, 0.1) is 17.8 Å². The third kappa shape index (κ3) is 2.63. The number of nitrogens with two attached hydrogens (primary N) is 1. The summed E-state index contributed by atoms with van der Waals surface area (Å²) in [5, 5.41) is 0. The molecule has 0 aromatic heterocycles. The molecule has 0 aromatic carbocycles. The normalized spacial score (nSPS) is 27.3. The summed E-state index contributed by atoms with van der Waals surface area (Å²) in [7, 11) is -3.03. The molecular weight excluding hydrogens is 264 g/mol. The highest BCUT2D eigenvalue weighted by atomic mass is 32.2. The van der Waals surface area contributed by atoms with Gasteiger partial charge in [-0.1, -0.05) is 12.3 Å². The van der Waals surface area contributed by atoms with E-state index in [1.54, 1.807) is 4.90 Å². The maximum Gasteiger partial charge on any atom is 0.231 e. The standard InChI is InChI=1S/C13H20N2O3S/c1-2-7-15(11-4-8-19(17,18)9-11)12(16)13(10-14)5-3-6-13/h1,11H,3-10,14H2. The van der Waals surface area contributed by atoms with E-state index in [9.17, 15) is 13.2 Å². The SMILES string of the molecule is C#CCN(C(=O)C1(CN)CCC1)C1CCS(=O)(=O)C1. The highest BCUT2D eigenvalue weighted by Gasteiger charge is 2.47. The lowest BCUT2D eigenvalue weighted by atomic mass is 9.67. The zero-order valence-electron chi connectivity index (χ0n) is 11.0. The van der Waals surface area contributed by atoms with Crippen LogP contribution < -0.4 is 5.73 Å². The van der Waals surface area contributed by atoms with E-state index in [1.807, 2.05) is 0 Å². The maximum atomic E-state index is 12.6. The second-order valence-electron chi connectivity index (χ2n) is 5.53. The minimum atomic E-state index is -3.03. The van der Waals surface area contributed by atoms with Crippen LogP contribution in [0.2, 0.25) is 0 Å². The van der Waals surface area contributed by atoms with Crippen molar-refractivity contribution in [2.45, 2.75) is 31.7 Å². The Morgan fingerprint density at radius 1 is 1.47 bits per heavy atom. The van der Waals surface area contributed by atoms with E-state index in [4.69, 9.17) is 12.2 Å². The fourth-order valence-electron chi connectivity index (χ4n) is 2.90. The van der Waals surface area contributed by atoms with Crippen molar-refractivity contribution < 1.29 is 13.2 Å². The molecule has 1 aliphatic carbocycles. The predicted molar refractivity (Wildman–Crippen MR) is 72.9 cm³/mol. The van der Waals surface area contributed by atoms with Crippen molar-refractivity contribution >= 4 is 15.7 Å². The summed E-state index contributed by atoms with van der Waals surface area (Å²) in [5.74, 6) is 2.58. The number of rotatable bonds is 4. The topological polar surface area (TPSA) is 80.5 Å². The van der Waals surface area contributed by atoms with Crippen LogP contribution in [0.4, 0.5) is 0 Å². The average molecular weight is 284 g/mol. The quantitative estimate of drug-likeness (QED) is 0.723. The maximum absolute atomic E-state index is 12.6. The first-order chi connectivity index (χ1) is 8.94. The van der Waals surface area contributed by atoms with Crippen molar-refractivity contribution in [2.24, 2.45) is 11.1 Å². The van der Waals surface area contributed by atoms with Crippen LogP contribution >= 0.6 is 0 Å². The Balaban J connectivity index is 2.17. The lowest BCUT2D eigenvalue weighted by Crippen LogP contribution is -2.55. The number of amides is 1. The van der Waals surface area contributed by atoms with Gasteiger partial charge < -0.3 is 10.6 Å². The zero-order valence-corrected chi connectivity index (χ0v) is 11.8. The Morgan fingerprint density at radius 3 is 2.53 bits per heavy atom. The van der Waals surface area contributed by atoms with Crippen molar-refractivity contribution in [1.82, 2.24) is 4.90 Å². The van der Waals surface area contributed by atoms with Crippen LogP contribution in [0.5, 0.6) is 0 Å². The molecule has 0 bridgehead atoms. The third-order valence-corrected chi connectivity index (χ3v) is 6.08. The van der Waals surface area contributed by atoms with Crippen LogP contribution in [-0.4, -0.2) is 49.9 Å². The number of carbonyl (C=O) groups is 1. The first kappa shape index (κ1) is 14.4. The molecule has 106 valence electrons. The average Bonchev–Trinajstić information content (AvgIpc) is 2.65. The lowest BCUT2D eigenvalue weighted by molar-refractivity contribution is -0.147. The third-order valence-electron chi connectivity index (χ3n) is 4.33. The Bertz CT molecular complexity index is 497. The van der Waals surface area contributed by atoms with E-state index in [1.165, 1.54) is 0 Å². The first-order valence-electron chi connectivity index (χ1n) is 6.59. The summed E-state index contributed by atoms with van der Waals surface area (Å²) in [5.41, 5.74) is 5.24. The molecule has 1 saturated carbocycles. The highest BCUT2D eigenvalue weighted by Crippen LogP contribution is 2.42. The van der Waals surface area contributed by atoms with Crippen LogP contribution in [0.1, 0.15) is 25.7 Å². The fourth-order valence-corrected chi connectivity index (χ4v) is 4.63. The Hall–Kier alpha value is -1.06. The molecular formula is C13H20N2O3S. The summed E-state index contributed by atoms with van der Waals surface area (Å²) in [6.07, 6.45) is 8.36. The number of carbonyl (C=O) groups excluding carboxylic acids is 1. The molecule has 2 rings (SSSR count). The van der Waals surface area contributed by atoms with E-state index < -0.39 is 15.3 Å². The molecule has 2 N–H and O–H groups in total. The van der Waals surface area contributed by atoms with Gasteiger partial charge in [-0.25, -0.2) is 8.42 Å². The van der Waals surface area contributed by atoms with E-state index in [0.29, 0.717) is 13.0 Å². The van der Waals surface area contributed by atoms with Gasteiger partial charge in [-0.05, 0) is 19.3 Å². The highest BCUT2D eigenvalue weighted by molar-refractivity contribution is 7.91. The minimum Gasteiger partial charge on any atom is -0.329 e. The zero-order chi connectivity index (χ0) is 14.1. The van der Waals surface area contributed by atoms with E-state index in [2.05, 4.69) is 5.92 Å². The van der Waals surface area contributed by atoms with Gasteiger partial charge >= 0.3 is 0 Å². The molecule has 2 aliphatic rings. The van der Waals surface area contributed by atoms with Crippen LogP contribution in [0.15, 0.2) is 0 Å². The van der Waals surface area contributed by atoms with Crippen molar-refractivity contribution in [1.29, 1.82) is 0 Å². The molecule has 1 heterocycles. The van der Waals surface area contributed by atoms with Crippen molar-refractivity contribution in [2.75, 3.05) is 24.6 Å². The second-order valence-corrected chi connectivity index (χ2v) is 7.76. The fraction of sp³-hybridized carbons (Fsp3) is 0.769. The number of sulfone groups is 1. The molecule has 1 atom stereocenters. The van der Waals surface area contributed by atoms with Crippen LogP contribution in [0.3, 0.4) is 0 Å². The Kier molecular flexibility index (Phi) is 3.88. The largest absolute Gasteiger partial charge is 0.329 e. The summed E-state index contributed by atoms with van der Waals surface area (Å²) < 4.78 is 23.1. The number of hydrogen-bond donors (Lipinski definition) is 1. The molecule has 19 heavy (non-hydrogen) atoms. The van der Waals surface area contributed by atoms with Crippen molar-refractivity contribution in [3.8, 4) is 12.3 Å². The van der Waals surface area contributed by atoms with E-state index in [0.717, 1.165) is 19.3 Å². The summed E-state index contributed by atoms with van der Waals surface area (Å²) in [6, 6.07) is -0.280. The number of hydrogen-bond acceptors (Lipinski definition) is 4. The molecule has 5 nitrogen and oxygen atoms in total. The van der Waals surface area contributed by atoms with Gasteiger partial charge in [-0.15, -0.1) is 6.42 Å². The van der Waals surface area contributed by atoms with E-state index >= 15 is 0 Å². The van der Waals surface area contributed by atoms with Gasteiger partial charge in [0.05, 0.1) is 23.5 Å². The number of nitrogens with zero attached hydrogens (tertiary/aromatic N) is 1. The van der Waals surface area contributed by atoms with Gasteiger partial charge in [0.2, 0.25) is 5.91 Å². The van der Waals surface area contributed by atoms with Crippen LogP contribution in [0.25, 0.3) is 0 Å². The van der Waals surface area contributed by atoms with Gasteiger partial charge in [0.25, 0.3) is 0 Å². The van der Waals surface area contributed by atoms with Gasteiger partial charge in [-0.2, -0.15) is 0 Å². The Labute approximate surface area is 114 Å². The molecule has 0 radical (unpaired) electrons. The molecule has 1 aliphatic heterocycles. The molecule has 1 amide bonds. The first-order valence-corrected chi connectivity index (χ1v) is 8.41. The van der Waals surface area contributed by atoms with Crippen LogP contribution in [-0.2, 0) is 14.6 Å². The summed E-state index contributed by atoms with van der Waals surface area (Å²) in [6.45, 7) is 0.479. The minimum absolute atomic E-state index is 0.0288. The van der Waals surface area contributed by atoms with Gasteiger partial charge in [0.1, 0.15) is 0 Å². The van der Waals surface area contributed by atoms with Gasteiger partial charge in [0, 0.05) is 12.6 Å². The summed E-state index contributed by atoms with van der Waals surface area (Å²) >= 11 is 0. The lowest BCUT2D eigenvalue weighted by Gasteiger charge is -2.43. The molecule has 6 heteroatoms. The predicted octanol–water partition coefficient (Wildman–Crippen LogP) is -0.236. The Morgan fingerprint density at radius 2 is 2.16 bits per heavy atom. The smallest absolute Gasteiger partial charge is 0.231 e. The van der Waals surface area contributed by atoms with Crippen molar-refractivity contribution in [3.63, 3.8) is 0 Å². The number of terminal acetylenes is 1.